The van der Waals surface area contributed by atoms with Gasteiger partial charge in [-0.2, -0.15) is 0 Å². The number of para-hydroxylation sites is 1. The van der Waals surface area contributed by atoms with Gasteiger partial charge >= 0.3 is 0 Å². The molecule has 28 heavy (non-hydrogen) atoms. The summed E-state index contributed by atoms with van der Waals surface area (Å²) in [6, 6.07) is 23.5. The second kappa shape index (κ2) is 8.75. The molecule has 3 aromatic rings. The molecule has 0 amide bonds. The van der Waals surface area contributed by atoms with Crippen LogP contribution in [0.15, 0.2) is 84.4 Å². The lowest BCUT2D eigenvalue weighted by Gasteiger charge is -2.16. The van der Waals surface area contributed by atoms with Crippen molar-refractivity contribution in [2.45, 2.75) is 13.5 Å². The minimum absolute atomic E-state index is 0.443. The summed E-state index contributed by atoms with van der Waals surface area (Å²) in [7, 11) is 0. The predicted octanol–water partition coefficient (Wildman–Crippen LogP) is 4.77. The van der Waals surface area contributed by atoms with E-state index in [1.54, 1.807) is 0 Å². The first-order valence-corrected chi connectivity index (χ1v) is 9.06. The van der Waals surface area contributed by atoms with Gasteiger partial charge in [-0.25, -0.2) is 0 Å². The zero-order valence-corrected chi connectivity index (χ0v) is 15.9. The van der Waals surface area contributed by atoms with E-state index in [0.717, 1.165) is 33.5 Å². The van der Waals surface area contributed by atoms with Crippen LogP contribution in [0.3, 0.4) is 0 Å². The molecule has 0 aromatic heterocycles. The van der Waals surface area contributed by atoms with Crippen LogP contribution in [-0.2, 0) is 6.54 Å². The number of benzene rings is 3. The van der Waals surface area contributed by atoms with Crippen molar-refractivity contribution >= 4 is 17.2 Å². The highest BCUT2D eigenvalue weighted by atomic mass is 15.0. The van der Waals surface area contributed by atoms with Crippen molar-refractivity contribution in [3.05, 3.63) is 107 Å². The van der Waals surface area contributed by atoms with E-state index in [-0.39, 0.29) is 0 Å². The van der Waals surface area contributed by atoms with Crippen LogP contribution in [0.4, 0.5) is 5.69 Å². The van der Waals surface area contributed by atoms with Crippen molar-refractivity contribution in [2.75, 3.05) is 5.73 Å². The molecular weight excluding hydrogens is 342 g/mol. The monoisotopic (exact) mass is 365 g/mol. The van der Waals surface area contributed by atoms with Gasteiger partial charge < -0.3 is 11.1 Å². The molecule has 138 valence electrons. The standard InChI is InChI=1S/C25H23N3/c1-4-20-12-6-7-13-21(20)17-27-25(23-15-9-10-16-24(23)26)28-19(3)22-14-8-5-11-18(22)2/h1,5-16H,3,17,26H2,2H3,(H,27,28). The van der Waals surface area contributed by atoms with Gasteiger partial charge in [0, 0.05) is 28.1 Å². The second-order valence-electron chi connectivity index (χ2n) is 6.47. The topological polar surface area (TPSA) is 50.4 Å². The number of hydrogen-bond acceptors (Lipinski definition) is 2. The molecule has 3 heteroatoms. The fraction of sp³-hybridized carbons (Fsp3) is 0.0800. The Morgan fingerprint density at radius 1 is 1.00 bits per heavy atom. The Balaban J connectivity index is 1.96. The molecule has 0 radical (unpaired) electrons. The molecule has 3 N–H and O–H groups in total. The van der Waals surface area contributed by atoms with Gasteiger partial charge in [0.15, 0.2) is 0 Å². The van der Waals surface area contributed by atoms with Crippen molar-refractivity contribution in [1.29, 1.82) is 0 Å². The number of nitrogens with one attached hydrogen (secondary N) is 1. The third-order valence-electron chi connectivity index (χ3n) is 4.54. The third kappa shape index (κ3) is 4.31. The van der Waals surface area contributed by atoms with E-state index in [1.165, 1.54) is 0 Å². The molecular formula is C25H23N3. The summed E-state index contributed by atoms with van der Waals surface area (Å²) >= 11 is 0. The van der Waals surface area contributed by atoms with Crippen LogP contribution in [0.1, 0.15) is 27.8 Å². The van der Waals surface area contributed by atoms with Crippen LogP contribution in [0.5, 0.6) is 0 Å². The highest BCUT2D eigenvalue weighted by Crippen LogP contribution is 2.18. The molecule has 0 aliphatic carbocycles. The van der Waals surface area contributed by atoms with Gasteiger partial charge in [-0.15, -0.1) is 6.42 Å². The Labute approximate surface area is 166 Å². The van der Waals surface area contributed by atoms with Gasteiger partial charge in [-0.3, -0.25) is 4.99 Å². The third-order valence-corrected chi connectivity index (χ3v) is 4.54. The molecule has 0 atom stereocenters. The highest BCUT2D eigenvalue weighted by Gasteiger charge is 2.11. The molecule has 0 saturated carbocycles. The van der Waals surface area contributed by atoms with Crippen molar-refractivity contribution < 1.29 is 0 Å². The van der Waals surface area contributed by atoms with Crippen LogP contribution >= 0.6 is 0 Å². The number of nitrogen functional groups attached to an aromatic ring is 1. The zero-order chi connectivity index (χ0) is 19.9. The minimum Gasteiger partial charge on any atom is -0.398 e. The zero-order valence-electron chi connectivity index (χ0n) is 15.9. The molecule has 3 rings (SSSR count). The summed E-state index contributed by atoms with van der Waals surface area (Å²) in [4.78, 5) is 4.80. The maximum atomic E-state index is 6.21. The van der Waals surface area contributed by atoms with E-state index < -0.39 is 0 Å². The number of hydrogen-bond donors (Lipinski definition) is 2. The largest absolute Gasteiger partial charge is 0.398 e. The van der Waals surface area contributed by atoms with E-state index in [9.17, 15) is 0 Å². The smallest absolute Gasteiger partial charge is 0.135 e. The van der Waals surface area contributed by atoms with E-state index in [1.807, 2.05) is 66.7 Å². The molecule has 0 saturated heterocycles. The van der Waals surface area contributed by atoms with Crippen molar-refractivity contribution in [3.63, 3.8) is 0 Å². The summed E-state index contributed by atoms with van der Waals surface area (Å²) in [5.41, 5.74) is 12.5. The summed E-state index contributed by atoms with van der Waals surface area (Å²) in [5, 5.41) is 3.36. The van der Waals surface area contributed by atoms with Crippen molar-refractivity contribution in [3.8, 4) is 12.3 Å². The minimum atomic E-state index is 0.443. The summed E-state index contributed by atoms with van der Waals surface area (Å²) in [6.07, 6.45) is 5.62. The number of terminal acetylenes is 1. The number of nitrogens with two attached hydrogens (primary N) is 1. The normalized spacial score (nSPS) is 10.9. The van der Waals surface area contributed by atoms with E-state index in [0.29, 0.717) is 18.1 Å². The molecule has 0 heterocycles. The van der Waals surface area contributed by atoms with Crippen molar-refractivity contribution in [2.24, 2.45) is 4.99 Å². The van der Waals surface area contributed by atoms with Gasteiger partial charge in [0.05, 0.1) is 6.54 Å². The fourth-order valence-electron chi connectivity index (χ4n) is 2.99. The number of amidine groups is 1. The van der Waals surface area contributed by atoms with Crippen LogP contribution in [0.25, 0.3) is 5.70 Å². The quantitative estimate of drug-likeness (QED) is 0.296. The first-order valence-electron chi connectivity index (χ1n) is 9.06. The highest BCUT2D eigenvalue weighted by molar-refractivity contribution is 6.06. The van der Waals surface area contributed by atoms with Gasteiger partial charge in [0.25, 0.3) is 0 Å². The number of nitrogens with zero attached hydrogens (tertiary/aromatic N) is 1. The molecule has 0 aliphatic rings. The molecule has 0 aliphatic heterocycles. The van der Waals surface area contributed by atoms with Crippen LogP contribution in [0.2, 0.25) is 0 Å². The Morgan fingerprint density at radius 3 is 2.36 bits per heavy atom. The van der Waals surface area contributed by atoms with Crippen LogP contribution < -0.4 is 11.1 Å². The lowest BCUT2D eigenvalue weighted by Crippen LogP contribution is -2.24. The van der Waals surface area contributed by atoms with Crippen LogP contribution in [0, 0.1) is 19.3 Å². The number of aryl methyl sites for hydroxylation is 1. The predicted molar refractivity (Wildman–Crippen MR) is 119 cm³/mol. The van der Waals surface area contributed by atoms with Crippen molar-refractivity contribution in [1.82, 2.24) is 5.32 Å². The molecule has 0 unspecified atom stereocenters. The molecule has 0 bridgehead atoms. The SMILES string of the molecule is C#Cc1ccccc1CN=C(NC(=C)c1ccccc1C)c1ccccc1N. The molecule has 3 nitrogen and oxygen atoms in total. The molecule has 0 spiro atoms. The average Bonchev–Trinajstić information content (AvgIpc) is 2.72. The van der Waals surface area contributed by atoms with E-state index >= 15 is 0 Å². The van der Waals surface area contributed by atoms with E-state index in [2.05, 4.69) is 30.8 Å². The average molecular weight is 365 g/mol. The summed E-state index contributed by atoms with van der Waals surface area (Å²) in [6.45, 7) is 6.70. The fourth-order valence-corrected chi connectivity index (χ4v) is 2.99. The maximum absolute atomic E-state index is 6.21. The summed E-state index contributed by atoms with van der Waals surface area (Å²) in [5.74, 6) is 3.38. The lowest BCUT2D eigenvalue weighted by molar-refractivity contribution is 1.04. The Hall–Kier alpha value is -3.77. The first-order chi connectivity index (χ1) is 13.6. The first kappa shape index (κ1) is 19.0. The van der Waals surface area contributed by atoms with Gasteiger partial charge in [-0.1, -0.05) is 67.1 Å². The van der Waals surface area contributed by atoms with E-state index in [4.69, 9.17) is 17.1 Å². The Morgan fingerprint density at radius 2 is 1.64 bits per heavy atom. The number of anilines is 1. The lowest BCUT2D eigenvalue weighted by atomic mass is 10.1. The second-order valence-corrected chi connectivity index (χ2v) is 6.47. The van der Waals surface area contributed by atoms with Gasteiger partial charge in [0.1, 0.15) is 5.84 Å². The molecule has 0 fully saturated rings. The number of aliphatic imine (C=N–C) groups is 1. The summed E-state index contributed by atoms with van der Waals surface area (Å²) < 4.78 is 0. The van der Waals surface area contributed by atoms with Gasteiger partial charge in [-0.05, 0) is 36.2 Å². The Kier molecular flexibility index (Phi) is 5.94. The van der Waals surface area contributed by atoms with Crippen LogP contribution in [-0.4, -0.2) is 5.84 Å². The van der Waals surface area contributed by atoms with Gasteiger partial charge in [0.2, 0.25) is 0 Å². The number of rotatable bonds is 5. The maximum Gasteiger partial charge on any atom is 0.135 e. The Bertz CT molecular complexity index is 1070. The molecule has 3 aromatic carbocycles.